The van der Waals surface area contributed by atoms with E-state index in [1.807, 2.05) is 19.1 Å². The second-order valence-electron chi connectivity index (χ2n) is 6.40. The lowest BCUT2D eigenvalue weighted by Gasteiger charge is -2.17. The number of nitrogens with zero attached hydrogens (tertiary/aromatic N) is 5. The third-order valence-corrected chi connectivity index (χ3v) is 5.16. The molecule has 0 radical (unpaired) electrons. The number of carbonyl (C=O) groups excluding carboxylic acids is 1. The monoisotopic (exact) mass is 450 g/mol. The minimum Gasteiger partial charge on any atom is -0.493 e. The molecular formula is C22H22N6O3S. The van der Waals surface area contributed by atoms with Gasteiger partial charge in [0.2, 0.25) is 5.13 Å². The molecule has 0 aliphatic carbocycles. The first kappa shape index (κ1) is 22.8. The third-order valence-electron chi connectivity index (χ3n) is 4.30. The Bertz CT molecular complexity index is 1140. The van der Waals surface area contributed by atoms with Crippen molar-refractivity contribution >= 4 is 41.0 Å². The van der Waals surface area contributed by atoms with E-state index in [1.165, 1.54) is 18.4 Å². The maximum Gasteiger partial charge on any atom is 0.257 e. The van der Waals surface area contributed by atoms with Gasteiger partial charge in [-0.3, -0.25) is 25.1 Å². The Morgan fingerprint density at radius 2 is 2.12 bits per heavy atom. The zero-order valence-electron chi connectivity index (χ0n) is 17.8. The van der Waals surface area contributed by atoms with Gasteiger partial charge in [0.05, 0.1) is 7.11 Å². The molecule has 0 aliphatic rings. The lowest BCUT2D eigenvalue weighted by Crippen LogP contribution is -2.12. The maximum absolute atomic E-state index is 12.7. The SMILES string of the molecule is C=N/C(=C\C=NC)c1nnc(NC(=O)c2ccc(O[C@@H](C)c3cccnc3)c(OC)c2)s1. The molecule has 32 heavy (non-hydrogen) atoms. The minimum atomic E-state index is -0.356. The molecule has 1 aromatic carbocycles. The summed E-state index contributed by atoms with van der Waals surface area (Å²) in [6.45, 7) is 5.43. The van der Waals surface area contributed by atoms with Gasteiger partial charge in [0, 0.05) is 36.8 Å². The molecule has 0 unspecified atom stereocenters. The molecule has 0 saturated carbocycles. The van der Waals surface area contributed by atoms with Gasteiger partial charge in [-0.25, -0.2) is 0 Å². The average Bonchev–Trinajstić information content (AvgIpc) is 3.28. The molecule has 9 nitrogen and oxygen atoms in total. The Kier molecular flexibility index (Phi) is 7.76. The summed E-state index contributed by atoms with van der Waals surface area (Å²) >= 11 is 1.18. The Balaban J connectivity index is 1.73. The molecular weight excluding hydrogens is 428 g/mol. The van der Waals surface area contributed by atoms with Crippen LogP contribution in [0.2, 0.25) is 0 Å². The highest BCUT2D eigenvalue weighted by Gasteiger charge is 2.16. The lowest BCUT2D eigenvalue weighted by molar-refractivity contribution is 0.102. The largest absolute Gasteiger partial charge is 0.493 e. The highest BCUT2D eigenvalue weighted by molar-refractivity contribution is 7.16. The number of ether oxygens (including phenoxy) is 2. The van der Waals surface area contributed by atoms with Crippen molar-refractivity contribution in [2.45, 2.75) is 13.0 Å². The van der Waals surface area contributed by atoms with E-state index in [0.29, 0.717) is 32.9 Å². The Labute approximate surface area is 189 Å². The summed E-state index contributed by atoms with van der Waals surface area (Å²) in [6, 6.07) is 8.73. The molecule has 0 spiro atoms. The molecule has 164 valence electrons. The first-order valence-electron chi connectivity index (χ1n) is 9.54. The Morgan fingerprint density at radius 1 is 1.28 bits per heavy atom. The molecule has 0 saturated heterocycles. The summed E-state index contributed by atoms with van der Waals surface area (Å²) < 4.78 is 11.4. The first-order valence-corrected chi connectivity index (χ1v) is 10.4. The van der Waals surface area contributed by atoms with Gasteiger partial charge in [0.25, 0.3) is 5.91 Å². The molecule has 10 heteroatoms. The summed E-state index contributed by atoms with van der Waals surface area (Å²) in [5, 5.41) is 11.6. The number of benzene rings is 1. The zero-order valence-corrected chi connectivity index (χ0v) is 18.7. The van der Waals surface area contributed by atoms with Gasteiger partial charge >= 0.3 is 0 Å². The second kappa shape index (κ2) is 10.9. The average molecular weight is 451 g/mol. The molecule has 0 aliphatic heterocycles. The van der Waals surface area contributed by atoms with Crippen LogP contribution >= 0.6 is 11.3 Å². The third kappa shape index (κ3) is 5.61. The maximum atomic E-state index is 12.7. The van der Waals surface area contributed by atoms with Crippen LogP contribution in [0, 0.1) is 0 Å². The van der Waals surface area contributed by atoms with Gasteiger partial charge < -0.3 is 9.47 Å². The van der Waals surface area contributed by atoms with Crippen LogP contribution in [0.5, 0.6) is 11.5 Å². The number of carbonyl (C=O) groups is 1. The number of nitrogens with one attached hydrogen (secondary N) is 1. The van der Waals surface area contributed by atoms with Crippen molar-refractivity contribution in [3.05, 3.63) is 64.9 Å². The summed E-state index contributed by atoms with van der Waals surface area (Å²) in [4.78, 5) is 24.6. The summed E-state index contributed by atoms with van der Waals surface area (Å²) in [5.74, 6) is 0.597. The fourth-order valence-corrected chi connectivity index (χ4v) is 3.39. The van der Waals surface area contributed by atoms with Gasteiger partial charge in [-0.05, 0) is 44.0 Å². The fraction of sp³-hybridized carbons (Fsp3) is 0.182. The van der Waals surface area contributed by atoms with E-state index in [4.69, 9.17) is 9.47 Å². The predicted molar refractivity (Wildman–Crippen MR) is 126 cm³/mol. The molecule has 1 N–H and O–H groups in total. The highest BCUT2D eigenvalue weighted by atomic mass is 32.1. The standard InChI is InChI=1S/C22H22N6O3S/c1-14(16-6-5-10-25-13-16)31-18-8-7-15(12-19(18)30-4)20(29)26-22-28-27-21(32-22)17(24-3)9-11-23-2/h5-14H,3H2,1-2,4H3,(H,26,28,29)/b17-9-,23-11?/t14-/m0/s1. The van der Waals surface area contributed by atoms with Gasteiger partial charge in [-0.2, -0.15) is 0 Å². The first-order chi connectivity index (χ1) is 15.5. The number of anilines is 1. The summed E-state index contributed by atoms with van der Waals surface area (Å²) in [5.41, 5.74) is 1.83. The number of hydrogen-bond donors (Lipinski definition) is 1. The van der Waals surface area contributed by atoms with E-state index in [2.05, 4.69) is 37.2 Å². The van der Waals surface area contributed by atoms with E-state index in [-0.39, 0.29) is 12.0 Å². The van der Waals surface area contributed by atoms with Crippen LogP contribution in [-0.4, -0.2) is 48.2 Å². The van der Waals surface area contributed by atoms with Crippen molar-refractivity contribution < 1.29 is 14.3 Å². The molecule has 3 aromatic rings. The van der Waals surface area contributed by atoms with E-state index in [0.717, 1.165) is 5.56 Å². The molecule has 2 heterocycles. The number of allylic oxidation sites excluding steroid dienone is 1. The van der Waals surface area contributed by atoms with Gasteiger partial charge in [-0.15, -0.1) is 10.2 Å². The molecule has 3 rings (SSSR count). The fourth-order valence-electron chi connectivity index (χ4n) is 2.66. The van der Waals surface area contributed by atoms with Crippen LogP contribution in [0.15, 0.2) is 58.8 Å². The molecule has 0 bridgehead atoms. The summed E-state index contributed by atoms with van der Waals surface area (Å²) in [7, 11) is 3.17. The van der Waals surface area contributed by atoms with E-state index < -0.39 is 0 Å². The number of pyridine rings is 1. The van der Waals surface area contributed by atoms with E-state index in [9.17, 15) is 4.79 Å². The molecule has 0 fully saturated rings. The van der Waals surface area contributed by atoms with Gasteiger partial charge in [-0.1, -0.05) is 17.4 Å². The number of rotatable bonds is 9. The van der Waals surface area contributed by atoms with E-state index in [1.54, 1.807) is 49.9 Å². The number of methoxy groups -OCH3 is 1. The van der Waals surface area contributed by atoms with Crippen molar-refractivity contribution in [1.82, 2.24) is 15.2 Å². The molecule has 2 aromatic heterocycles. The number of aromatic nitrogens is 3. The quantitative estimate of drug-likeness (QED) is 0.492. The van der Waals surface area contributed by atoms with Crippen molar-refractivity contribution in [3.8, 4) is 11.5 Å². The van der Waals surface area contributed by atoms with Crippen LogP contribution in [0.1, 0.15) is 34.0 Å². The zero-order chi connectivity index (χ0) is 22.9. The molecule has 1 atom stereocenters. The van der Waals surface area contributed by atoms with Crippen LogP contribution in [-0.2, 0) is 0 Å². The Morgan fingerprint density at radius 3 is 2.81 bits per heavy atom. The van der Waals surface area contributed by atoms with Crippen molar-refractivity contribution in [1.29, 1.82) is 0 Å². The number of hydrogen-bond acceptors (Lipinski definition) is 9. The van der Waals surface area contributed by atoms with Gasteiger partial charge in [0.1, 0.15) is 11.8 Å². The second-order valence-corrected chi connectivity index (χ2v) is 7.37. The topological polar surface area (TPSA) is 111 Å². The van der Waals surface area contributed by atoms with E-state index >= 15 is 0 Å². The molecule has 1 amide bonds. The van der Waals surface area contributed by atoms with Crippen LogP contribution in [0.3, 0.4) is 0 Å². The van der Waals surface area contributed by atoms with Crippen molar-refractivity contribution in [2.24, 2.45) is 9.98 Å². The smallest absolute Gasteiger partial charge is 0.257 e. The van der Waals surface area contributed by atoms with Crippen LogP contribution in [0.4, 0.5) is 5.13 Å². The minimum absolute atomic E-state index is 0.240. The number of aliphatic imine (C=N–C) groups is 2. The normalized spacial score (nSPS) is 12.4. The van der Waals surface area contributed by atoms with Gasteiger partial charge in [0.15, 0.2) is 16.5 Å². The van der Waals surface area contributed by atoms with Crippen molar-refractivity contribution in [2.75, 3.05) is 19.5 Å². The summed E-state index contributed by atoms with van der Waals surface area (Å²) in [6.07, 6.45) is 6.45. The van der Waals surface area contributed by atoms with Crippen LogP contribution in [0.25, 0.3) is 5.70 Å². The number of amides is 1. The lowest BCUT2D eigenvalue weighted by atomic mass is 10.1. The van der Waals surface area contributed by atoms with Crippen molar-refractivity contribution in [3.63, 3.8) is 0 Å². The predicted octanol–water partition coefficient (Wildman–Crippen LogP) is 4.08. The highest BCUT2D eigenvalue weighted by Crippen LogP contribution is 2.32. The van der Waals surface area contributed by atoms with Crippen LogP contribution < -0.4 is 14.8 Å². The Hall–Kier alpha value is -3.92.